The van der Waals surface area contributed by atoms with Crippen molar-refractivity contribution in [1.82, 2.24) is 15.1 Å². The van der Waals surface area contributed by atoms with Gasteiger partial charge in [0.1, 0.15) is 0 Å². The van der Waals surface area contributed by atoms with E-state index < -0.39 is 0 Å². The Morgan fingerprint density at radius 1 is 0.957 bits per heavy atom. The molecule has 4 rings (SSSR count). The molecule has 4 aliphatic rings. The Bertz CT molecular complexity index is 407. The molecular weight excluding hydrogens is 286 g/mol. The average molecular weight is 319 g/mol. The molecule has 1 saturated carbocycles. The minimum Gasteiger partial charge on any atom is -0.341 e. The van der Waals surface area contributed by atoms with Crippen molar-refractivity contribution in [2.75, 3.05) is 32.7 Å². The molecule has 0 radical (unpaired) electrons. The second-order valence-corrected chi connectivity index (χ2v) is 8.41. The van der Waals surface area contributed by atoms with Gasteiger partial charge in [-0.05, 0) is 63.5 Å². The molecule has 0 aromatic heterocycles. The standard InChI is InChI=1S/C19H33N3O/c23-19(18-12-16-6-2-3-7-17(16)20-18)22-11-8-15(14-22)13-21-9-4-1-5-10-21/h15-18,20H,1-14H2. The van der Waals surface area contributed by atoms with Crippen LogP contribution in [0.15, 0.2) is 0 Å². The molecule has 0 bridgehead atoms. The first-order valence-corrected chi connectivity index (χ1v) is 10.1. The lowest BCUT2D eigenvalue weighted by Gasteiger charge is -2.29. The van der Waals surface area contributed by atoms with Crippen LogP contribution in [-0.4, -0.2) is 60.5 Å². The van der Waals surface area contributed by atoms with Gasteiger partial charge >= 0.3 is 0 Å². The number of amides is 1. The van der Waals surface area contributed by atoms with E-state index in [4.69, 9.17) is 0 Å². The first-order chi connectivity index (χ1) is 11.3. The molecule has 0 aromatic carbocycles. The highest BCUT2D eigenvalue weighted by molar-refractivity contribution is 5.82. The van der Waals surface area contributed by atoms with Crippen LogP contribution in [0.25, 0.3) is 0 Å². The number of nitrogens with zero attached hydrogens (tertiary/aromatic N) is 2. The summed E-state index contributed by atoms with van der Waals surface area (Å²) < 4.78 is 0. The minimum atomic E-state index is 0.122. The van der Waals surface area contributed by atoms with Crippen LogP contribution in [0.3, 0.4) is 0 Å². The Labute approximate surface area is 141 Å². The van der Waals surface area contributed by atoms with Gasteiger partial charge < -0.3 is 15.1 Å². The highest BCUT2D eigenvalue weighted by atomic mass is 16.2. The van der Waals surface area contributed by atoms with Gasteiger partial charge in [-0.25, -0.2) is 0 Å². The van der Waals surface area contributed by atoms with Crippen LogP contribution in [0, 0.1) is 11.8 Å². The second kappa shape index (κ2) is 7.10. The molecule has 0 aromatic rings. The fourth-order valence-corrected chi connectivity index (χ4v) is 5.42. The zero-order valence-electron chi connectivity index (χ0n) is 14.5. The summed E-state index contributed by atoms with van der Waals surface area (Å²) in [5.41, 5.74) is 0. The summed E-state index contributed by atoms with van der Waals surface area (Å²) in [7, 11) is 0. The van der Waals surface area contributed by atoms with Crippen LogP contribution >= 0.6 is 0 Å². The van der Waals surface area contributed by atoms with Crippen LogP contribution in [-0.2, 0) is 4.79 Å². The van der Waals surface area contributed by atoms with Crippen LogP contribution in [0.2, 0.25) is 0 Å². The normalized spacial score (nSPS) is 38.7. The van der Waals surface area contributed by atoms with Gasteiger partial charge in [-0.15, -0.1) is 0 Å². The lowest BCUT2D eigenvalue weighted by atomic mass is 9.85. The molecule has 4 heteroatoms. The van der Waals surface area contributed by atoms with Crippen molar-refractivity contribution < 1.29 is 4.79 Å². The predicted molar refractivity (Wildman–Crippen MR) is 92.3 cm³/mol. The van der Waals surface area contributed by atoms with E-state index in [-0.39, 0.29) is 6.04 Å². The largest absolute Gasteiger partial charge is 0.341 e. The molecule has 3 saturated heterocycles. The topological polar surface area (TPSA) is 35.6 Å². The minimum absolute atomic E-state index is 0.122. The van der Waals surface area contributed by atoms with Crippen LogP contribution in [0.1, 0.15) is 57.8 Å². The smallest absolute Gasteiger partial charge is 0.239 e. The Kier molecular flexibility index (Phi) is 4.91. The number of piperidine rings is 1. The van der Waals surface area contributed by atoms with E-state index in [0.717, 1.165) is 25.4 Å². The van der Waals surface area contributed by atoms with Crippen molar-refractivity contribution >= 4 is 5.91 Å². The fraction of sp³-hybridized carbons (Fsp3) is 0.947. The maximum absolute atomic E-state index is 12.9. The summed E-state index contributed by atoms with van der Waals surface area (Å²) in [6.07, 6.45) is 11.8. The molecule has 1 N–H and O–H groups in total. The van der Waals surface area contributed by atoms with Gasteiger partial charge in [-0.2, -0.15) is 0 Å². The van der Waals surface area contributed by atoms with E-state index in [1.54, 1.807) is 0 Å². The molecule has 4 fully saturated rings. The van der Waals surface area contributed by atoms with Crippen LogP contribution in [0.5, 0.6) is 0 Å². The van der Waals surface area contributed by atoms with Crippen molar-refractivity contribution in [3.8, 4) is 0 Å². The van der Waals surface area contributed by atoms with Gasteiger partial charge in [-0.3, -0.25) is 4.79 Å². The molecule has 23 heavy (non-hydrogen) atoms. The first-order valence-electron chi connectivity index (χ1n) is 10.1. The van der Waals surface area contributed by atoms with Gasteiger partial charge in [0, 0.05) is 25.7 Å². The first kappa shape index (κ1) is 15.9. The van der Waals surface area contributed by atoms with Gasteiger partial charge in [0.2, 0.25) is 5.91 Å². The lowest BCUT2D eigenvalue weighted by Crippen LogP contribution is -2.45. The summed E-state index contributed by atoms with van der Waals surface area (Å²) in [5, 5.41) is 3.66. The second-order valence-electron chi connectivity index (χ2n) is 8.41. The number of rotatable bonds is 3. The summed E-state index contributed by atoms with van der Waals surface area (Å²) in [6.45, 7) is 5.76. The summed E-state index contributed by atoms with van der Waals surface area (Å²) in [5.74, 6) is 1.88. The Balaban J connectivity index is 1.26. The molecule has 3 aliphatic heterocycles. The Hall–Kier alpha value is -0.610. The number of fused-ring (bicyclic) bond motifs is 1. The Morgan fingerprint density at radius 2 is 1.78 bits per heavy atom. The van der Waals surface area contributed by atoms with E-state index in [1.165, 1.54) is 71.0 Å². The van der Waals surface area contributed by atoms with E-state index in [0.29, 0.717) is 17.9 Å². The molecule has 4 nitrogen and oxygen atoms in total. The summed E-state index contributed by atoms with van der Waals surface area (Å²) >= 11 is 0. The number of carbonyl (C=O) groups excluding carboxylic acids is 1. The summed E-state index contributed by atoms with van der Waals surface area (Å²) in [6, 6.07) is 0.751. The third-order valence-corrected chi connectivity index (χ3v) is 6.72. The zero-order valence-corrected chi connectivity index (χ0v) is 14.5. The van der Waals surface area contributed by atoms with Crippen molar-refractivity contribution in [1.29, 1.82) is 0 Å². The molecule has 0 spiro atoms. The van der Waals surface area contributed by atoms with Crippen LogP contribution in [0.4, 0.5) is 0 Å². The summed E-state index contributed by atoms with van der Waals surface area (Å²) in [4.78, 5) is 17.7. The SMILES string of the molecule is O=C(C1CC2CCCCC2N1)N1CCC(CN2CCCCC2)C1. The van der Waals surface area contributed by atoms with E-state index in [1.807, 2.05) is 0 Å². The monoisotopic (exact) mass is 319 g/mol. The van der Waals surface area contributed by atoms with Crippen molar-refractivity contribution in [3.05, 3.63) is 0 Å². The number of hydrogen-bond donors (Lipinski definition) is 1. The lowest BCUT2D eigenvalue weighted by molar-refractivity contribution is -0.132. The van der Waals surface area contributed by atoms with Gasteiger partial charge in [0.15, 0.2) is 0 Å². The van der Waals surface area contributed by atoms with E-state index >= 15 is 0 Å². The molecule has 130 valence electrons. The number of likely N-dealkylation sites (tertiary alicyclic amines) is 2. The van der Waals surface area contributed by atoms with Gasteiger partial charge in [0.05, 0.1) is 6.04 Å². The molecule has 4 atom stereocenters. The highest BCUT2D eigenvalue weighted by Crippen LogP contribution is 2.34. The molecule has 3 heterocycles. The van der Waals surface area contributed by atoms with Gasteiger partial charge in [0.25, 0.3) is 0 Å². The van der Waals surface area contributed by atoms with Crippen molar-refractivity contribution in [2.45, 2.75) is 69.9 Å². The third kappa shape index (κ3) is 3.58. The maximum atomic E-state index is 12.9. The molecular formula is C19H33N3O. The van der Waals surface area contributed by atoms with Gasteiger partial charge in [-0.1, -0.05) is 19.3 Å². The number of nitrogens with one attached hydrogen (secondary N) is 1. The third-order valence-electron chi connectivity index (χ3n) is 6.72. The maximum Gasteiger partial charge on any atom is 0.239 e. The quantitative estimate of drug-likeness (QED) is 0.866. The fourth-order valence-electron chi connectivity index (χ4n) is 5.42. The Morgan fingerprint density at radius 3 is 2.61 bits per heavy atom. The number of carbonyl (C=O) groups is 1. The van der Waals surface area contributed by atoms with E-state index in [2.05, 4.69) is 15.1 Å². The molecule has 1 amide bonds. The molecule has 4 unspecified atom stereocenters. The molecule has 1 aliphatic carbocycles. The predicted octanol–water partition coefficient (Wildman–Crippen LogP) is 2.24. The number of hydrogen-bond acceptors (Lipinski definition) is 3. The van der Waals surface area contributed by atoms with E-state index in [9.17, 15) is 4.79 Å². The average Bonchev–Trinajstić information content (AvgIpc) is 3.21. The van der Waals surface area contributed by atoms with Crippen LogP contribution < -0.4 is 5.32 Å². The highest BCUT2D eigenvalue weighted by Gasteiger charge is 2.41. The zero-order chi connectivity index (χ0) is 15.6. The van der Waals surface area contributed by atoms with Crippen molar-refractivity contribution in [2.24, 2.45) is 11.8 Å². The van der Waals surface area contributed by atoms with Crippen molar-refractivity contribution in [3.63, 3.8) is 0 Å².